The van der Waals surface area contributed by atoms with E-state index in [1.807, 2.05) is 30.5 Å². The van der Waals surface area contributed by atoms with Crippen molar-refractivity contribution < 1.29 is 4.40 Å². The van der Waals surface area contributed by atoms with Gasteiger partial charge in [-0.25, -0.2) is 8.97 Å². The zero-order valence-corrected chi connectivity index (χ0v) is 12.2. The number of aromatic nitrogens is 2. The maximum atomic E-state index is 4.97. The van der Waals surface area contributed by atoms with Crippen molar-refractivity contribution in [3.8, 4) is 11.3 Å². The molecular formula is C16H17N6+. The number of aryl methyl sites for hydroxylation is 1. The van der Waals surface area contributed by atoms with Crippen molar-refractivity contribution in [3.63, 3.8) is 0 Å². The van der Waals surface area contributed by atoms with Gasteiger partial charge in [0.15, 0.2) is 5.69 Å². The molecule has 2 aromatic heterocycles. The number of nitrogens with one attached hydrogen (secondary N) is 1. The van der Waals surface area contributed by atoms with Gasteiger partial charge >= 0.3 is 0 Å². The number of hydrogen-bond donors (Lipinski definition) is 2. The average molecular weight is 293 g/mol. The molecule has 2 heterocycles. The summed E-state index contributed by atoms with van der Waals surface area (Å²) in [5, 5.41) is 7.27. The van der Waals surface area contributed by atoms with Crippen molar-refractivity contribution in [1.82, 2.24) is 9.99 Å². The minimum atomic E-state index is 0.994. The average Bonchev–Trinajstić information content (AvgIpc) is 2.90. The molecule has 3 rings (SSSR count). The van der Waals surface area contributed by atoms with Crippen molar-refractivity contribution in [1.29, 1.82) is 0 Å². The minimum Gasteiger partial charge on any atom is -0.322 e. The summed E-state index contributed by atoms with van der Waals surface area (Å²) in [5.41, 5.74) is 7.05. The van der Waals surface area contributed by atoms with Crippen LogP contribution in [0.1, 0.15) is 5.56 Å². The van der Waals surface area contributed by atoms with Crippen molar-refractivity contribution in [3.05, 3.63) is 60.4 Å². The Morgan fingerprint density at radius 1 is 1.18 bits per heavy atom. The maximum Gasteiger partial charge on any atom is 0.286 e. The van der Waals surface area contributed by atoms with Gasteiger partial charge < -0.3 is 5.84 Å². The number of nitrogens with two attached hydrogens (primary N) is 1. The molecule has 6 nitrogen and oxygen atoms in total. The maximum absolute atomic E-state index is 4.97. The van der Waals surface area contributed by atoms with Crippen LogP contribution < -0.4 is 15.7 Å². The quantitative estimate of drug-likeness (QED) is 0.250. The second kappa shape index (κ2) is 6.09. The van der Waals surface area contributed by atoms with Gasteiger partial charge in [0.05, 0.1) is 19.5 Å². The van der Waals surface area contributed by atoms with E-state index >= 15 is 0 Å². The Hall–Kier alpha value is -3.15. The molecule has 0 fully saturated rings. The fourth-order valence-corrected chi connectivity index (χ4v) is 2.37. The number of imidazole rings is 1. The first-order valence-corrected chi connectivity index (χ1v) is 6.86. The molecular weight excluding hydrogens is 276 g/mol. The first-order chi connectivity index (χ1) is 10.8. The molecule has 0 amide bonds. The molecule has 0 spiro atoms. The zero-order chi connectivity index (χ0) is 15.4. The summed E-state index contributed by atoms with van der Waals surface area (Å²) in [6, 6.07) is 14.3. The van der Waals surface area contributed by atoms with Gasteiger partial charge in [0, 0.05) is 11.6 Å². The van der Waals surface area contributed by atoms with E-state index in [0.29, 0.717) is 0 Å². The molecule has 0 saturated carbocycles. The third kappa shape index (κ3) is 2.67. The van der Waals surface area contributed by atoms with Gasteiger partial charge in [0.2, 0.25) is 0 Å². The standard InChI is InChI=1S/C16H17N6/c1-21-15(11-22-9-3-2-4-16(21)22)14-7-5-13(6-8-14)10-19-20-12-18-17/h2-12H,17H2,1H3,(H,18,20)/q+1. The molecule has 1 aromatic carbocycles. The van der Waals surface area contributed by atoms with Crippen LogP contribution in [0.4, 0.5) is 0 Å². The lowest BCUT2D eigenvalue weighted by Gasteiger charge is -1.98. The van der Waals surface area contributed by atoms with Crippen molar-refractivity contribution in [2.45, 2.75) is 0 Å². The first-order valence-electron chi connectivity index (χ1n) is 6.86. The minimum absolute atomic E-state index is 0.994. The van der Waals surface area contributed by atoms with E-state index in [1.165, 1.54) is 6.34 Å². The third-order valence-corrected chi connectivity index (χ3v) is 3.46. The molecule has 0 unspecified atom stereocenters. The van der Waals surface area contributed by atoms with Crippen molar-refractivity contribution in [2.75, 3.05) is 0 Å². The van der Waals surface area contributed by atoms with Crippen LogP contribution in [-0.4, -0.2) is 17.1 Å². The SMILES string of the molecule is Cn1c(-c2ccc(C=NNC=NN)cc2)c[n+]2ccccc12. The van der Waals surface area contributed by atoms with Crippen LogP contribution in [0, 0.1) is 0 Å². The highest BCUT2D eigenvalue weighted by molar-refractivity contribution is 5.81. The van der Waals surface area contributed by atoms with E-state index in [9.17, 15) is 0 Å². The Bertz CT molecular complexity index is 829. The lowest BCUT2D eigenvalue weighted by molar-refractivity contribution is -0.510. The van der Waals surface area contributed by atoms with E-state index in [1.54, 1.807) is 6.21 Å². The number of benzene rings is 1. The number of nitrogens with zero attached hydrogens (tertiary/aromatic N) is 4. The monoisotopic (exact) mass is 293 g/mol. The van der Waals surface area contributed by atoms with Crippen LogP contribution in [0.3, 0.4) is 0 Å². The molecule has 110 valence electrons. The summed E-state index contributed by atoms with van der Waals surface area (Å²) in [6.07, 6.45) is 7.20. The predicted octanol–water partition coefficient (Wildman–Crippen LogP) is 1.26. The number of rotatable bonds is 4. The van der Waals surface area contributed by atoms with Crippen LogP contribution in [-0.2, 0) is 7.05 Å². The first kappa shape index (κ1) is 13.8. The van der Waals surface area contributed by atoms with Gasteiger partial charge in [-0.3, -0.25) is 5.43 Å². The molecule has 3 aromatic rings. The fraction of sp³-hybridized carbons (Fsp3) is 0.0625. The van der Waals surface area contributed by atoms with E-state index in [2.05, 4.69) is 56.0 Å². The van der Waals surface area contributed by atoms with Gasteiger partial charge in [-0.05, 0) is 23.8 Å². The lowest BCUT2D eigenvalue weighted by Crippen LogP contribution is -2.17. The zero-order valence-electron chi connectivity index (χ0n) is 12.2. The number of hydrogen-bond acceptors (Lipinski definition) is 3. The largest absolute Gasteiger partial charge is 0.322 e. The summed E-state index contributed by atoms with van der Waals surface area (Å²) >= 11 is 0. The highest BCUT2D eigenvalue weighted by Gasteiger charge is 2.14. The molecule has 0 bridgehead atoms. The Morgan fingerprint density at radius 2 is 2.00 bits per heavy atom. The number of fused-ring (bicyclic) bond motifs is 1. The number of hydrazone groups is 2. The summed E-state index contributed by atoms with van der Waals surface area (Å²) in [5.74, 6) is 4.97. The molecule has 6 heteroatoms. The van der Waals surface area contributed by atoms with Crippen molar-refractivity contribution >= 4 is 18.2 Å². The molecule has 22 heavy (non-hydrogen) atoms. The second-order valence-corrected chi connectivity index (χ2v) is 4.83. The molecule has 0 atom stereocenters. The van der Waals surface area contributed by atoms with E-state index in [0.717, 1.165) is 22.5 Å². The Morgan fingerprint density at radius 3 is 2.73 bits per heavy atom. The molecule has 0 aliphatic rings. The molecule has 3 N–H and O–H groups in total. The Labute approximate surface area is 128 Å². The van der Waals surface area contributed by atoms with Gasteiger partial charge in [-0.15, -0.1) is 0 Å². The Balaban J connectivity index is 1.88. The van der Waals surface area contributed by atoms with Crippen LogP contribution in [0.5, 0.6) is 0 Å². The fourth-order valence-electron chi connectivity index (χ4n) is 2.37. The smallest absolute Gasteiger partial charge is 0.286 e. The van der Waals surface area contributed by atoms with Gasteiger partial charge in [-0.1, -0.05) is 18.2 Å². The highest BCUT2D eigenvalue weighted by Crippen LogP contribution is 2.19. The lowest BCUT2D eigenvalue weighted by atomic mass is 10.1. The molecule has 0 aliphatic carbocycles. The molecule has 0 aliphatic heterocycles. The topological polar surface area (TPSA) is 71.8 Å². The van der Waals surface area contributed by atoms with E-state index in [-0.39, 0.29) is 0 Å². The predicted molar refractivity (Wildman–Crippen MR) is 87.4 cm³/mol. The third-order valence-electron chi connectivity index (χ3n) is 3.46. The Kier molecular flexibility index (Phi) is 3.82. The van der Waals surface area contributed by atoms with Crippen LogP contribution >= 0.6 is 0 Å². The van der Waals surface area contributed by atoms with Crippen LogP contribution in [0.2, 0.25) is 0 Å². The molecule has 0 radical (unpaired) electrons. The summed E-state index contributed by atoms with van der Waals surface area (Å²) in [6.45, 7) is 0. The number of pyridine rings is 1. The van der Waals surface area contributed by atoms with Crippen molar-refractivity contribution in [2.24, 2.45) is 23.1 Å². The van der Waals surface area contributed by atoms with E-state index in [4.69, 9.17) is 5.84 Å². The van der Waals surface area contributed by atoms with E-state index < -0.39 is 0 Å². The normalized spacial score (nSPS) is 11.7. The van der Waals surface area contributed by atoms with Crippen LogP contribution in [0.15, 0.2) is 65.1 Å². The van der Waals surface area contributed by atoms with Gasteiger partial charge in [-0.2, -0.15) is 10.2 Å². The summed E-state index contributed by atoms with van der Waals surface area (Å²) < 4.78 is 4.28. The second-order valence-electron chi connectivity index (χ2n) is 4.83. The summed E-state index contributed by atoms with van der Waals surface area (Å²) in [4.78, 5) is 0. The summed E-state index contributed by atoms with van der Waals surface area (Å²) in [7, 11) is 2.07. The van der Waals surface area contributed by atoms with Gasteiger partial charge in [0.1, 0.15) is 12.5 Å². The highest BCUT2D eigenvalue weighted by atomic mass is 15.3. The molecule has 0 saturated heterocycles. The van der Waals surface area contributed by atoms with Gasteiger partial charge in [0.25, 0.3) is 5.65 Å². The van der Waals surface area contributed by atoms with Crippen LogP contribution in [0.25, 0.3) is 16.9 Å².